The first kappa shape index (κ1) is 12.7. The van der Waals surface area contributed by atoms with Crippen molar-refractivity contribution in [3.8, 4) is 11.4 Å². The first-order valence-electron chi connectivity index (χ1n) is 6.34. The summed E-state index contributed by atoms with van der Waals surface area (Å²) in [7, 11) is 1.71. The second kappa shape index (κ2) is 5.25. The highest BCUT2D eigenvalue weighted by atomic mass is 16.5. The molecule has 2 aromatic rings. The second-order valence-electron chi connectivity index (χ2n) is 4.66. The Morgan fingerprint density at radius 3 is 2.72 bits per heavy atom. The lowest BCUT2D eigenvalue weighted by Crippen LogP contribution is -1.98. The summed E-state index contributed by atoms with van der Waals surface area (Å²) in [6.07, 6.45) is 4.95. The third-order valence-electron chi connectivity index (χ3n) is 3.38. The molecule has 1 aromatic carbocycles. The molecule has 0 saturated heterocycles. The fourth-order valence-electron chi connectivity index (χ4n) is 2.00. The highest BCUT2D eigenvalue weighted by Gasteiger charge is 2.10. The van der Waals surface area contributed by atoms with E-state index in [4.69, 9.17) is 4.74 Å². The number of aromatic nitrogens is 2. The van der Waals surface area contributed by atoms with E-state index >= 15 is 0 Å². The summed E-state index contributed by atoms with van der Waals surface area (Å²) in [5.41, 5.74) is 3.35. The largest absolute Gasteiger partial charge is 0.495 e. The predicted molar refractivity (Wildman–Crippen MR) is 73.6 cm³/mol. The lowest BCUT2D eigenvalue weighted by atomic mass is 9.98. The molecule has 96 valence electrons. The standard InChI is InChI=1S/C15H20N2O/c1-5-11(2)13-6-7-14(15(8-13)18-4)17-9-12(3)16-10-17/h6-11H,5H2,1-4H3. The average molecular weight is 244 g/mol. The molecule has 0 spiro atoms. The molecule has 18 heavy (non-hydrogen) atoms. The van der Waals surface area contributed by atoms with Crippen LogP contribution in [0.15, 0.2) is 30.7 Å². The normalized spacial score (nSPS) is 12.4. The van der Waals surface area contributed by atoms with E-state index in [0.29, 0.717) is 5.92 Å². The van der Waals surface area contributed by atoms with Crippen LogP contribution in [0.2, 0.25) is 0 Å². The lowest BCUT2D eigenvalue weighted by Gasteiger charge is -2.14. The zero-order valence-corrected chi connectivity index (χ0v) is 11.5. The summed E-state index contributed by atoms with van der Waals surface area (Å²) >= 11 is 0. The molecule has 0 aliphatic rings. The number of imidazole rings is 1. The number of rotatable bonds is 4. The molecule has 0 saturated carbocycles. The van der Waals surface area contributed by atoms with E-state index in [9.17, 15) is 0 Å². The van der Waals surface area contributed by atoms with E-state index in [-0.39, 0.29) is 0 Å². The van der Waals surface area contributed by atoms with Gasteiger partial charge in [0.15, 0.2) is 0 Å². The molecule has 0 N–H and O–H groups in total. The van der Waals surface area contributed by atoms with Gasteiger partial charge in [-0.3, -0.25) is 0 Å². The number of hydrogen-bond acceptors (Lipinski definition) is 2. The number of nitrogens with zero attached hydrogens (tertiary/aromatic N) is 2. The third kappa shape index (κ3) is 2.40. The van der Waals surface area contributed by atoms with Crippen molar-refractivity contribution in [3.05, 3.63) is 42.0 Å². The maximum absolute atomic E-state index is 5.50. The van der Waals surface area contributed by atoms with Gasteiger partial charge in [0.05, 0.1) is 24.8 Å². The monoisotopic (exact) mass is 244 g/mol. The Kier molecular flexibility index (Phi) is 3.70. The summed E-state index contributed by atoms with van der Waals surface area (Å²) in [5.74, 6) is 1.45. The maximum atomic E-state index is 5.50. The Balaban J connectivity index is 2.43. The lowest BCUT2D eigenvalue weighted by molar-refractivity contribution is 0.412. The van der Waals surface area contributed by atoms with Crippen LogP contribution in [-0.4, -0.2) is 16.7 Å². The van der Waals surface area contributed by atoms with Crippen molar-refractivity contribution in [1.82, 2.24) is 9.55 Å². The van der Waals surface area contributed by atoms with E-state index in [1.165, 1.54) is 5.56 Å². The molecule has 0 aliphatic heterocycles. The van der Waals surface area contributed by atoms with E-state index in [2.05, 4.69) is 37.0 Å². The zero-order valence-electron chi connectivity index (χ0n) is 11.5. The quantitative estimate of drug-likeness (QED) is 0.820. The van der Waals surface area contributed by atoms with Crippen LogP contribution < -0.4 is 4.74 Å². The Morgan fingerprint density at radius 1 is 1.39 bits per heavy atom. The summed E-state index contributed by atoms with van der Waals surface area (Å²) in [4.78, 5) is 4.25. The fraction of sp³-hybridized carbons (Fsp3) is 0.400. The smallest absolute Gasteiger partial charge is 0.143 e. The minimum atomic E-state index is 0.553. The second-order valence-corrected chi connectivity index (χ2v) is 4.66. The molecule has 0 aliphatic carbocycles. The van der Waals surface area contributed by atoms with Gasteiger partial charge < -0.3 is 9.30 Å². The molecule has 1 aromatic heterocycles. The molecule has 3 heteroatoms. The van der Waals surface area contributed by atoms with Crippen LogP contribution >= 0.6 is 0 Å². The Labute approximate surface area is 108 Å². The Bertz CT molecular complexity index is 531. The molecule has 3 nitrogen and oxygen atoms in total. The van der Waals surface area contributed by atoms with Gasteiger partial charge in [0, 0.05) is 6.20 Å². The zero-order chi connectivity index (χ0) is 13.1. The first-order chi connectivity index (χ1) is 8.65. The maximum Gasteiger partial charge on any atom is 0.143 e. The summed E-state index contributed by atoms with van der Waals surface area (Å²) in [6, 6.07) is 6.39. The number of hydrogen-bond donors (Lipinski definition) is 0. The summed E-state index contributed by atoms with van der Waals surface area (Å²) in [5, 5.41) is 0. The minimum absolute atomic E-state index is 0.553. The van der Waals surface area contributed by atoms with Crippen LogP contribution in [0, 0.1) is 6.92 Å². The van der Waals surface area contributed by atoms with Crippen molar-refractivity contribution in [2.75, 3.05) is 7.11 Å². The fourth-order valence-corrected chi connectivity index (χ4v) is 2.00. The number of ether oxygens (including phenoxy) is 1. The van der Waals surface area contributed by atoms with Gasteiger partial charge in [-0.25, -0.2) is 4.98 Å². The molecular weight excluding hydrogens is 224 g/mol. The van der Waals surface area contributed by atoms with Gasteiger partial charge in [-0.05, 0) is 37.0 Å². The van der Waals surface area contributed by atoms with Crippen molar-refractivity contribution >= 4 is 0 Å². The van der Waals surface area contributed by atoms with Crippen LogP contribution in [0.3, 0.4) is 0 Å². The molecule has 0 amide bonds. The van der Waals surface area contributed by atoms with E-state index in [1.807, 2.05) is 24.0 Å². The molecular formula is C15H20N2O. The van der Waals surface area contributed by atoms with Crippen LogP contribution in [-0.2, 0) is 0 Å². The van der Waals surface area contributed by atoms with Gasteiger partial charge in [0.1, 0.15) is 5.75 Å². The van der Waals surface area contributed by atoms with Crippen molar-refractivity contribution < 1.29 is 4.74 Å². The molecule has 1 atom stereocenters. The third-order valence-corrected chi connectivity index (χ3v) is 3.38. The molecule has 1 heterocycles. The Hall–Kier alpha value is -1.77. The molecule has 2 rings (SSSR count). The van der Waals surface area contributed by atoms with Crippen LogP contribution in [0.1, 0.15) is 37.4 Å². The van der Waals surface area contributed by atoms with Crippen molar-refractivity contribution in [2.45, 2.75) is 33.1 Å². The predicted octanol–water partition coefficient (Wildman–Crippen LogP) is 3.70. The number of methoxy groups -OCH3 is 1. The topological polar surface area (TPSA) is 27.1 Å². The van der Waals surface area contributed by atoms with E-state index in [0.717, 1.165) is 23.6 Å². The first-order valence-corrected chi connectivity index (χ1v) is 6.34. The van der Waals surface area contributed by atoms with E-state index in [1.54, 1.807) is 7.11 Å². The number of aryl methyl sites for hydroxylation is 1. The van der Waals surface area contributed by atoms with Gasteiger partial charge in [0.25, 0.3) is 0 Å². The summed E-state index contributed by atoms with van der Waals surface area (Å²) < 4.78 is 7.49. The highest BCUT2D eigenvalue weighted by molar-refractivity contribution is 5.49. The van der Waals surface area contributed by atoms with Crippen LogP contribution in [0.4, 0.5) is 0 Å². The van der Waals surface area contributed by atoms with E-state index < -0.39 is 0 Å². The van der Waals surface area contributed by atoms with Gasteiger partial charge >= 0.3 is 0 Å². The SMILES string of the molecule is CCC(C)c1ccc(-n2cnc(C)c2)c(OC)c1. The van der Waals surface area contributed by atoms with Crippen LogP contribution in [0.25, 0.3) is 5.69 Å². The minimum Gasteiger partial charge on any atom is -0.495 e. The van der Waals surface area contributed by atoms with Crippen molar-refractivity contribution in [2.24, 2.45) is 0 Å². The summed E-state index contributed by atoms with van der Waals surface area (Å²) in [6.45, 7) is 6.41. The van der Waals surface area contributed by atoms with Gasteiger partial charge in [-0.2, -0.15) is 0 Å². The van der Waals surface area contributed by atoms with Crippen molar-refractivity contribution in [3.63, 3.8) is 0 Å². The van der Waals surface area contributed by atoms with Gasteiger partial charge in [0.2, 0.25) is 0 Å². The number of benzene rings is 1. The Morgan fingerprint density at radius 2 is 2.17 bits per heavy atom. The molecule has 0 fully saturated rings. The molecule has 0 radical (unpaired) electrons. The van der Waals surface area contributed by atoms with Crippen LogP contribution in [0.5, 0.6) is 5.75 Å². The van der Waals surface area contributed by atoms with Gasteiger partial charge in [-0.15, -0.1) is 0 Å². The average Bonchev–Trinajstić information content (AvgIpc) is 2.83. The molecule has 0 bridgehead atoms. The van der Waals surface area contributed by atoms with Gasteiger partial charge in [-0.1, -0.05) is 19.9 Å². The van der Waals surface area contributed by atoms with Crippen molar-refractivity contribution in [1.29, 1.82) is 0 Å². The molecule has 1 unspecified atom stereocenters. The highest BCUT2D eigenvalue weighted by Crippen LogP contribution is 2.28.